The number of nitrogens with two attached hydrogens (primary N) is 1. The van der Waals surface area contributed by atoms with Crippen LogP contribution in [0.25, 0.3) is 0 Å². The maximum atomic E-state index is 10.6. The van der Waals surface area contributed by atoms with E-state index in [1.807, 2.05) is 0 Å². The number of nitrogens with one attached hydrogen (secondary N) is 1. The molecular weight excluding hydrogens is 170 g/mol. The van der Waals surface area contributed by atoms with E-state index in [-0.39, 0.29) is 6.54 Å². The molecule has 0 aromatic rings. The van der Waals surface area contributed by atoms with Crippen LogP contribution in [0, 0.1) is 0 Å². The molecule has 1 unspecified atom stereocenters. The van der Waals surface area contributed by atoms with Crippen molar-refractivity contribution in [2.45, 2.75) is 5.37 Å². The molecule has 4 N–H and O–H groups in total. The molecule has 0 saturated carbocycles. The Morgan fingerprint density at radius 3 is 2.64 bits per heavy atom. The molecule has 1 fully saturated rings. The van der Waals surface area contributed by atoms with E-state index in [1.54, 1.807) is 0 Å². The average Bonchev–Trinajstić information content (AvgIpc) is 1.86. The zero-order valence-corrected chi connectivity index (χ0v) is 6.71. The molecule has 0 bridgehead atoms. The summed E-state index contributed by atoms with van der Waals surface area (Å²) < 4.78 is 29.8. The van der Waals surface area contributed by atoms with E-state index in [2.05, 4.69) is 5.32 Å². The van der Waals surface area contributed by atoms with Gasteiger partial charge in [0.05, 0.1) is 0 Å². The van der Waals surface area contributed by atoms with E-state index < -0.39 is 15.5 Å². The maximum Gasteiger partial charge on any atom is 0.283 e. The molecule has 7 heteroatoms. The Morgan fingerprint density at radius 1 is 1.64 bits per heavy atom. The van der Waals surface area contributed by atoms with Crippen molar-refractivity contribution in [1.29, 1.82) is 0 Å². The minimum Gasteiger partial charge on any atom is -0.313 e. The van der Waals surface area contributed by atoms with Crippen LogP contribution in [-0.4, -0.2) is 43.0 Å². The Morgan fingerprint density at radius 2 is 2.27 bits per heavy atom. The first-order valence-corrected chi connectivity index (χ1v) is 4.70. The number of hydrogen-bond donors (Lipinski definition) is 3. The first-order chi connectivity index (χ1) is 5.02. The SMILES string of the molecule is NN1CCNCC1S(=O)(=O)O. The molecule has 0 aromatic carbocycles. The van der Waals surface area contributed by atoms with Gasteiger partial charge in [0.25, 0.3) is 10.1 Å². The molecule has 0 spiro atoms. The number of nitrogens with zero attached hydrogens (tertiary/aromatic N) is 1. The third-order valence-corrected chi connectivity index (χ3v) is 2.70. The average molecular weight is 181 g/mol. The van der Waals surface area contributed by atoms with Gasteiger partial charge in [-0.3, -0.25) is 10.4 Å². The third-order valence-electron chi connectivity index (χ3n) is 1.58. The molecule has 1 aliphatic heterocycles. The topological polar surface area (TPSA) is 95.7 Å². The molecule has 0 aromatic heterocycles. The van der Waals surface area contributed by atoms with Crippen molar-refractivity contribution in [2.24, 2.45) is 5.84 Å². The van der Waals surface area contributed by atoms with Crippen molar-refractivity contribution in [3.63, 3.8) is 0 Å². The van der Waals surface area contributed by atoms with Crippen molar-refractivity contribution in [1.82, 2.24) is 10.3 Å². The summed E-state index contributed by atoms with van der Waals surface area (Å²) in [6.07, 6.45) is 0. The summed E-state index contributed by atoms with van der Waals surface area (Å²) in [7, 11) is -4.04. The molecule has 1 aliphatic rings. The molecule has 6 nitrogen and oxygen atoms in total. The number of rotatable bonds is 1. The van der Waals surface area contributed by atoms with Crippen LogP contribution in [0.4, 0.5) is 0 Å². The highest BCUT2D eigenvalue weighted by Gasteiger charge is 2.29. The van der Waals surface area contributed by atoms with Gasteiger partial charge in [0.15, 0.2) is 5.37 Å². The lowest BCUT2D eigenvalue weighted by molar-refractivity contribution is 0.206. The molecule has 1 rings (SSSR count). The van der Waals surface area contributed by atoms with Crippen LogP contribution in [0.2, 0.25) is 0 Å². The fraction of sp³-hybridized carbons (Fsp3) is 1.00. The summed E-state index contributed by atoms with van der Waals surface area (Å²) in [5, 5.41) is 2.92. The molecule has 1 atom stereocenters. The quantitative estimate of drug-likeness (QED) is 0.319. The van der Waals surface area contributed by atoms with E-state index in [4.69, 9.17) is 10.4 Å². The molecule has 11 heavy (non-hydrogen) atoms. The van der Waals surface area contributed by atoms with Gasteiger partial charge >= 0.3 is 0 Å². The van der Waals surface area contributed by atoms with Gasteiger partial charge in [0.1, 0.15) is 0 Å². The Labute approximate surface area is 65.1 Å². The van der Waals surface area contributed by atoms with Crippen LogP contribution in [-0.2, 0) is 10.1 Å². The standard InChI is InChI=1S/C4H11N3O3S/c5-7-2-1-6-3-4(7)11(8,9)10/h4,6H,1-3,5H2,(H,8,9,10). The van der Waals surface area contributed by atoms with Crippen LogP contribution in [0.3, 0.4) is 0 Å². The van der Waals surface area contributed by atoms with Crippen molar-refractivity contribution < 1.29 is 13.0 Å². The lowest BCUT2D eigenvalue weighted by Crippen LogP contribution is -2.57. The second kappa shape index (κ2) is 3.03. The fourth-order valence-electron chi connectivity index (χ4n) is 0.971. The van der Waals surface area contributed by atoms with Gasteiger partial charge in [0, 0.05) is 19.6 Å². The summed E-state index contributed by atoms with van der Waals surface area (Å²) in [5.74, 6) is 5.32. The van der Waals surface area contributed by atoms with Gasteiger partial charge in [0.2, 0.25) is 0 Å². The van der Waals surface area contributed by atoms with Gasteiger partial charge in [-0.2, -0.15) is 8.42 Å². The smallest absolute Gasteiger partial charge is 0.283 e. The Bertz CT molecular complexity index is 227. The molecule has 1 saturated heterocycles. The minimum absolute atomic E-state index is 0.176. The molecule has 0 aliphatic carbocycles. The molecule has 0 radical (unpaired) electrons. The lowest BCUT2D eigenvalue weighted by Gasteiger charge is -2.29. The summed E-state index contributed by atoms with van der Waals surface area (Å²) in [6, 6.07) is 0. The molecule has 0 amide bonds. The normalized spacial score (nSPS) is 28.7. The van der Waals surface area contributed by atoms with Crippen molar-refractivity contribution in [3.05, 3.63) is 0 Å². The zero-order chi connectivity index (χ0) is 8.48. The van der Waals surface area contributed by atoms with E-state index in [1.165, 1.54) is 0 Å². The molecular formula is C4H11N3O3S. The minimum atomic E-state index is -4.04. The van der Waals surface area contributed by atoms with Gasteiger partial charge in [-0.25, -0.2) is 5.01 Å². The third kappa shape index (κ3) is 2.11. The Hall–Kier alpha value is -0.210. The van der Waals surface area contributed by atoms with Crippen molar-refractivity contribution in [3.8, 4) is 0 Å². The van der Waals surface area contributed by atoms with Gasteiger partial charge in [-0.15, -0.1) is 0 Å². The van der Waals surface area contributed by atoms with Crippen LogP contribution in [0.1, 0.15) is 0 Å². The summed E-state index contributed by atoms with van der Waals surface area (Å²) >= 11 is 0. The maximum absolute atomic E-state index is 10.6. The Balaban J connectivity index is 2.70. The van der Waals surface area contributed by atoms with E-state index in [9.17, 15) is 8.42 Å². The monoisotopic (exact) mass is 181 g/mol. The van der Waals surface area contributed by atoms with E-state index >= 15 is 0 Å². The van der Waals surface area contributed by atoms with Crippen molar-refractivity contribution in [2.75, 3.05) is 19.6 Å². The van der Waals surface area contributed by atoms with Crippen LogP contribution < -0.4 is 11.2 Å². The first kappa shape index (κ1) is 8.88. The Kier molecular flexibility index (Phi) is 2.45. The van der Waals surface area contributed by atoms with Crippen LogP contribution in [0.15, 0.2) is 0 Å². The zero-order valence-electron chi connectivity index (χ0n) is 5.90. The summed E-state index contributed by atoms with van der Waals surface area (Å²) in [4.78, 5) is 0. The van der Waals surface area contributed by atoms with Gasteiger partial charge < -0.3 is 5.32 Å². The first-order valence-electron chi connectivity index (χ1n) is 3.20. The molecule has 66 valence electrons. The van der Waals surface area contributed by atoms with Crippen LogP contribution in [0.5, 0.6) is 0 Å². The fourth-order valence-corrected chi connectivity index (χ4v) is 1.75. The van der Waals surface area contributed by atoms with Crippen molar-refractivity contribution >= 4 is 10.1 Å². The predicted octanol–water partition coefficient (Wildman–Crippen LogP) is -2.02. The number of hydrogen-bond acceptors (Lipinski definition) is 5. The van der Waals surface area contributed by atoms with E-state index in [0.717, 1.165) is 5.01 Å². The van der Waals surface area contributed by atoms with Gasteiger partial charge in [-0.1, -0.05) is 0 Å². The highest BCUT2D eigenvalue weighted by Crippen LogP contribution is 2.03. The van der Waals surface area contributed by atoms with Gasteiger partial charge in [-0.05, 0) is 0 Å². The highest BCUT2D eigenvalue weighted by atomic mass is 32.2. The summed E-state index contributed by atoms with van der Waals surface area (Å²) in [6.45, 7) is 1.24. The van der Waals surface area contributed by atoms with Crippen LogP contribution >= 0.6 is 0 Å². The second-order valence-electron chi connectivity index (χ2n) is 2.41. The van der Waals surface area contributed by atoms with E-state index in [0.29, 0.717) is 13.1 Å². The summed E-state index contributed by atoms with van der Waals surface area (Å²) in [5.41, 5.74) is 0. The number of piperazine rings is 1. The molecule has 1 heterocycles. The number of hydrazine groups is 1. The highest BCUT2D eigenvalue weighted by molar-refractivity contribution is 7.86. The largest absolute Gasteiger partial charge is 0.313 e. The predicted molar refractivity (Wildman–Crippen MR) is 39.1 cm³/mol. The lowest BCUT2D eigenvalue weighted by atomic mass is 10.4. The second-order valence-corrected chi connectivity index (χ2v) is 3.99.